The number of methoxy groups -OCH3 is 1. The van der Waals surface area contributed by atoms with Gasteiger partial charge in [-0.1, -0.05) is 0 Å². The average Bonchev–Trinajstić information content (AvgIpc) is 3.37. The van der Waals surface area contributed by atoms with Crippen LogP contribution < -0.4 is 9.47 Å². The molecule has 108 valence electrons. The monoisotopic (exact) mass is 284 g/mol. The number of benzene rings is 2. The summed E-state index contributed by atoms with van der Waals surface area (Å²) in [6.07, 6.45) is 0.263. The quantitative estimate of drug-likeness (QED) is 0.597. The molecule has 0 radical (unpaired) electrons. The van der Waals surface area contributed by atoms with E-state index in [1.165, 1.54) is 0 Å². The van der Waals surface area contributed by atoms with E-state index in [4.69, 9.17) is 14.2 Å². The summed E-state index contributed by atoms with van der Waals surface area (Å²) in [5.74, 6) is 1.61. The van der Waals surface area contributed by atoms with Gasteiger partial charge in [0.15, 0.2) is 0 Å². The Labute approximate surface area is 123 Å². The highest BCUT2D eigenvalue weighted by Crippen LogP contribution is 2.23. The van der Waals surface area contributed by atoms with Gasteiger partial charge in [0, 0.05) is 0 Å². The number of epoxide rings is 1. The van der Waals surface area contributed by atoms with Gasteiger partial charge in [-0.3, -0.25) is 0 Å². The molecule has 2 aromatic rings. The van der Waals surface area contributed by atoms with E-state index in [2.05, 4.69) is 10.2 Å². The first kappa shape index (κ1) is 13.6. The highest BCUT2D eigenvalue weighted by atomic mass is 16.6. The predicted molar refractivity (Wildman–Crippen MR) is 78.8 cm³/mol. The van der Waals surface area contributed by atoms with E-state index in [9.17, 15) is 0 Å². The zero-order valence-corrected chi connectivity index (χ0v) is 11.7. The van der Waals surface area contributed by atoms with E-state index in [0.717, 1.165) is 29.5 Å². The van der Waals surface area contributed by atoms with Crippen molar-refractivity contribution in [2.45, 2.75) is 6.10 Å². The minimum atomic E-state index is 0.263. The number of hydrogen-bond donors (Lipinski definition) is 0. The molecule has 3 rings (SSSR count). The molecule has 1 heterocycles. The second-order valence-corrected chi connectivity index (χ2v) is 4.66. The van der Waals surface area contributed by atoms with Gasteiger partial charge < -0.3 is 14.2 Å². The van der Waals surface area contributed by atoms with Crippen molar-refractivity contribution in [1.82, 2.24) is 0 Å². The Morgan fingerprint density at radius 2 is 1.48 bits per heavy atom. The fourth-order valence-corrected chi connectivity index (χ4v) is 1.73. The van der Waals surface area contributed by atoms with Crippen molar-refractivity contribution in [3.63, 3.8) is 0 Å². The Bertz CT molecular complexity index is 604. The molecule has 0 aromatic heterocycles. The molecule has 2 aromatic carbocycles. The molecule has 0 amide bonds. The Balaban J connectivity index is 1.58. The standard InChI is InChI=1S/C16H16N2O3/c1-19-14-6-2-12(3-7-14)17-18-13-4-8-15(9-5-13)20-10-16-11-21-16/h2-9,16H,10-11H2,1H3. The molecule has 0 bridgehead atoms. The van der Waals surface area contributed by atoms with Crippen LogP contribution in [-0.2, 0) is 4.74 Å². The smallest absolute Gasteiger partial charge is 0.119 e. The molecule has 1 aliphatic heterocycles. The third-order valence-electron chi connectivity index (χ3n) is 3.03. The maximum Gasteiger partial charge on any atom is 0.119 e. The summed E-state index contributed by atoms with van der Waals surface area (Å²) in [5.41, 5.74) is 1.56. The van der Waals surface area contributed by atoms with Crippen LogP contribution in [0.1, 0.15) is 0 Å². The summed E-state index contributed by atoms with van der Waals surface area (Å²) in [5, 5.41) is 8.36. The third kappa shape index (κ3) is 4.03. The Morgan fingerprint density at radius 1 is 0.952 bits per heavy atom. The van der Waals surface area contributed by atoms with Crippen LogP contribution in [0.25, 0.3) is 0 Å². The van der Waals surface area contributed by atoms with E-state index in [1.54, 1.807) is 7.11 Å². The van der Waals surface area contributed by atoms with Crippen molar-refractivity contribution in [3.05, 3.63) is 48.5 Å². The lowest BCUT2D eigenvalue weighted by Gasteiger charge is -2.03. The molecule has 1 fully saturated rings. The normalized spacial score (nSPS) is 16.9. The first-order valence-corrected chi connectivity index (χ1v) is 6.74. The fraction of sp³-hybridized carbons (Fsp3) is 0.250. The van der Waals surface area contributed by atoms with E-state index in [-0.39, 0.29) is 6.10 Å². The highest BCUT2D eigenvalue weighted by Gasteiger charge is 2.22. The number of ether oxygens (including phenoxy) is 3. The van der Waals surface area contributed by atoms with Gasteiger partial charge in [0.2, 0.25) is 0 Å². The first-order chi connectivity index (χ1) is 10.3. The molecule has 1 saturated heterocycles. The fourth-order valence-electron chi connectivity index (χ4n) is 1.73. The summed E-state index contributed by atoms with van der Waals surface area (Å²) in [6, 6.07) is 14.9. The molecule has 5 nitrogen and oxygen atoms in total. The second kappa shape index (κ2) is 6.37. The first-order valence-electron chi connectivity index (χ1n) is 6.74. The van der Waals surface area contributed by atoms with Gasteiger partial charge in [-0.05, 0) is 48.5 Å². The molecular formula is C16H16N2O3. The Hall–Kier alpha value is -2.40. The largest absolute Gasteiger partial charge is 0.497 e. The lowest BCUT2D eigenvalue weighted by atomic mass is 10.3. The van der Waals surface area contributed by atoms with Gasteiger partial charge >= 0.3 is 0 Å². The average molecular weight is 284 g/mol. The van der Waals surface area contributed by atoms with Crippen LogP contribution in [0.15, 0.2) is 58.8 Å². The molecule has 21 heavy (non-hydrogen) atoms. The van der Waals surface area contributed by atoms with Crippen LogP contribution in [0, 0.1) is 0 Å². The summed E-state index contributed by atoms with van der Waals surface area (Å²) in [4.78, 5) is 0. The van der Waals surface area contributed by atoms with Gasteiger partial charge in [0.05, 0.1) is 25.1 Å². The van der Waals surface area contributed by atoms with Crippen molar-refractivity contribution in [1.29, 1.82) is 0 Å². The molecule has 1 atom stereocenters. The van der Waals surface area contributed by atoms with Gasteiger partial charge in [-0.25, -0.2) is 0 Å². The van der Waals surface area contributed by atoms with Crippen molar-refractivity contribution in [3.8, 4) is 11.5 Å². The molecule has 1 unspecified atom stereocenters. The molecular weight excluding hydrogens is 268 g/mol. The number of nitrogens with zero attached hydrogens (tertiary/aromatic N) is 2. The molecule has 1 aliphatic rings. The van der Waals surface area contributed by atoms with Crippen LogP contribution in [0.3, 0.4) is 0 Å². The number of hydrogen-bond acceptors (Lipinski definition) is 5. The summed E-state index contributed by atoms with van der Waals surface area (Å²) in [6.45, 7) is 1.40. The van der Waals surface area contributed by atoms with Crippen LogP contribution in [0.4, 0.5) is 11.4 Å². The lowest BCUT2D eigenvalue weighted by molar-refractivity contribution is 0.263. The van der Waals surface area contributed by atoms with Gasteiger partial charge in [0.1, 0.15) is 24.2 Å². The maximum atomic E-state index is 5.56. The third-order valence-corrected chi connectivity index (χ3v) is 3.03. The number of rotatable bonds is 6. The zero-order chi connectivity index (χ0) is 14.5. The molecule has 0 aliphatic carbocycles. The summed E-state index contributed by atoms with van der Waals surface area (Å²) in [7, 11) is 1.63. The molecule has 5 heteroatoms. The molecule has 0 spiro atoms. The van der Waals surface area contributed by atoms with Crippen molar-refractivity contribution < 1.29 is 14.2 Å². The summed E-state index contributed by atoms with van der Waals surface area (Å²) < 4.78 is 15.7. The SMILES string of the molecule is COc1ccc(N=Nc2ccc(OCC3CO3)cc2)cc1. The minimum absolute atomic E-state index is 0.263. The topological polar surface area (TPSA) is 55.7 Å². The summed E-state index contributed by atoms with van der Waals surface area (Å²) >= 11 is 0. The van der Waals surface area contributed by atoms with Crippen LogP contribution in [-0.4, -0.2) is 26.4 Å². The highest BCUT2D eigenvalue weighted by molar-refractivity contribution is 5.44. The van der Waals surface area contributed by atoms with E-state index in [1.807, 2.05) is 48.5 Å². The van der Waals surface area contributed by atoms with Gasteiger partial charge in [0.25, 0.3) is 0 Å². The van der Waals surface area contributed by atoms with E-state index < -0.39 is 0 Å². The van der Waals surface area contributed by atoms with Crippen LogP contribution >= 0.6 is 0 Å². The van der Waals surface area contributed by atoms with Crippen LogP contribution in [0.2, 0.25) is 0 Å². The second-order valence-electron chi connectivity index (χ2n) is 4.66. The van der Waals surface area contributed by atoms with Crippen molar-refractivity contribution in [2.75, 3.05) is 20.3 Å². The van der Waals surface area contributed by atoms with Crippen molar-refractivity contribution >= 4 is 11.4 Å². The molecule has 0 N–H and O–H groups in total. The minimum Gasteiger partial charge on any atom is -0.497 e. The maximum absolute atomic E-state index is 5.56. The Morgan fingerprint density at radius 3 is 1.95 bits per heavy atom. The Kier molecular flexibility index (Phi) is 4.12. The molecule has 0 saturated carbocycles. The van der Waals surface area contributed by atoms with E-state index >= 15 is 0 Å². The van der Waals surface area contributed by atoms with Gasteiger partial charge in [-0.15, -0.1) is 0 Å². The van der Waals surface area contributed by atoms with Gasteiger partial charge in [-0.2, -0.15) is 10.2 Å². The lowest BCUT2D eigenvalue weighted by Crippen LogP contribution is -2.03. The van der Waals surface area contributed by atoms with Crippen LogP contribution in [0.5, 0.6) is 11.5 Å². The number of azo groups is 1. The van der Waals surface area contributed by atoms with Crippen molar-refractivity contribution in [2.24, 2.45) is 10.2 Å². The predicted octanol–water partition coefficient (Wildman–Crippen LogP) is 3.89. The zero-order valence-electron chi connectivity index (χ0n) is 11.7. The van der Waals surface area contributed by atoms with E-state index in [0.29, 0.717) is 6.61 Å².